The van der Waals surface area contributed by atoms with E-state index in [0.717, 1.165) is 28.4 Å². The van der Waals surface area contributed by atoms with E-state index in [4.69, 9.17) is 0 Å². The maximum absolute atomic E-state index is 12.0. The zero-order chi connectivity index (χ0) is 14.4. The Bertz CT molecular complexity index is 583. The van der Waals surface area contributed by atoms with Gasteiger partial charge in [0.25, 0.3) is 5.91 Å². The molecule has 0 unspecified atom stereocenters. The van der Waals surface area contributed by atoms with Crippen molar-refractivity contribution in [3.8, 4) is 0 Å². The average Bonchev–Trinajstić information content (AvgIpc) is 2.87. The number of nitrogens with one attached hydrogen (secondary N) is 1. The Kier molecular flexibility index (Phi) is 5.55. The van der Waals surface area contributed by atoms with Crippen LogP contribution in [-0.2, 0) is 12.2 Å². The fraction of sp³-hybridized carbons (Fsp3) is 0.357. The summed E-state index contributed by atoms with van der Waals surface area (Å²) < 4.78 is 0. The molecule has 1 N–H and O–H groups in total. The average molecular weight is 307 g/mol. The minimum absolute atomic E-state index is 0.123. The van der Waals surface area contributed by atoms with Gasteiger partial charge in [0.2, 0.25) is 0 Å². The van der Waals surface area contributed by atoms with Gasteiger partial charge in [-0.1, -0.05) is 6.07 Å². The van der Waals surface area contributed by atoms with Crippen LogP contribution in [0.15, 0.2) is 23.7 Å². The van der Waals surface area contributed by atoms with Crippen molar-refractivity contribution in [2.24, 2.45) is 0 Å². The highest BCUT2D eigenvalue weighted by Crippen LogP contribution is 2.15. The molecule has 2 rings (SSSR count). The molecule has 106 valence electrons. The van der Waals surface area contributed by atoms with Crippen molar-refractivity contribution in [2.45, 2.75) is 19.1 Å². The van der Waals surface area contributed by atoms with E-state index in [1.165, 1.54) is 0 Å². The van der Waals surface area contributed by atoms with Crippen molar-refractivity contribution in [1.82, 2.24) is 15.3 Å². The Labute approximate surface area is 127 Å². The molecule has 0 spiro atoms. The van der Waals surface area contributed by atoms with Crippen LogP contribution in [0.25, 0.3) is 0 Å². The molecule has 6 heteroatoms. The molecule has 0 saturated carbocycles. The van der Waals surface area contributed by atoms with Gasteiger partial charge < -0.3 is 5.32 Å². The molecule has 0 radical (unpaired) electrons. The first-order chi connectivity index (χ1) is 9.70. The number of hydrogen-bond donors (Lipinski definition) is 1. The lowest BCUT2D eigenvalue weighted by Crippen LogP contribution is -2.27. The van der Waals surface area contributed by atoms with Crippen LogP contribution < -0.4 is 5.32 Å². The standard InChI is InChI=1S/C14H17N3OS2/c1-10-4-3-6-15-13(10)14(18)16-7-5-11-8-20-12(17-11)9-19-2/h3-4,6,8H,5,7,9H2,1-2H3,(H,16,18). The predicted molar refractivity (Wildman–Crippen MR) is 84.3 cm³/mol. The molecular weight excluding hydrogens is 290 g/mol. The summed E-state index contributed by atoms with van der Waals surface area (Å²) in [5.41, 5.74) is 2.42. The summed E-state index contributed by atoms with van der Waals surface area (Å²) in [4.78, 5) is 20.6. The number of carbonyl (C=O) groups excluding carboxylic acids is 1. The second-order valence-corrected chi connectivity index (χ2v) is 6.15. The lowest BCUT2D eigenvalue weighted by Gasteiger charge is -2.05. The maximum atomic E-state index is 12.0. The Morgan fingerprint density at radius 1 is 1.50 bits per heavy atom. The van der Waals surface area contributed by atoms with Crippen molar-refractivity contribution in [2.75, 3.05) is 12.8 Å². The summed E-state index contributed by atoms with van der Waals surface area (Å²) in [7, 11) is 0. The van der Waals surface area contributed by atoms with Crippen LogP contribution in [0.3, 0.4) is 0 Å². The van der Waals surface area contributed by atoms with E-state index in [2.05, 4.69) is 26.9 Å². The van der Waals surface area contributed by atoms with Crippen LogP contribution in [0.1, 0.15) is 26.8 Å². The summed E-state index contributed by atoms with van der Waals surface area (Å²) in [6, 6.07) is 3.71. The Morgan fingerprint density at radius 2 is 2.35 bits per heavy atom. The summed E-state index contributed by atoms with van der Waals surface area (Å²) in [6.45, 7) is 2.47. The quantitative estimate of drug-likeness (QED) is 0.891. The van der Waals surface area contributed by atoms with E-state index in [1.807, 2.05) is 19.1 Å². The molecule has 0 bridgehead atoms. The van der Waals surface area contributed by atoms with E-state index in [0.29, 0.717) is 12.2 Å². The molecule has 0 atom stereocenters. The van der Waals surface area contributed by atoms with Gasteiger partial charge in [0.1, 0.15) is 10.7 Å². The number of hydrogen-bond acceptors (Lipinski definition) is 5. The third-order valence-corrected chi connectivity index (χ3v) is 4.40. The molecule has 0 saturated heterocycles. The SMILES string of the molecule is CSCc1nc(CCNC(=O)c2ncccc2C)cs1. The second-order valence-electron chi connectivity index (χ2n) is 4.34. The van der Waals surface area contributed by atoms with Crippen LogP contribution in [0.2, 0.25) is 0 Å². The van der Waals surface area contributed by atoms with Gasteiger partial charge in [0, 0.05) is 30.3 Å². The fourth-order valence-electron chi connectivity index (χ4n) is 1.76. The van der Waals surface area contributed by atoms with Crippen LogP contribution in [-0.4, -0.2) is 28.7 Å². The normalized spacial score (nSPS) is 10.5. The van der Waals surface area contributed by atoms with Gasteiger partial charge in [-0.25, -0.2) is 4.98 Å². The van der Waals surface area contributed by atoms with E-state index in [9.17, 15) is 4.79 Å². The lowest BCUT2D eigenvalue weighted by atomic mass is 10.2. The van der Waals surface area contributed by atoms with Gasteiger partial charge >= 0.3 is 0 Å². The molecule has 2 heterocycles. The number of rotatable bonds is 6. The maximum Gasteiger partial charge on any atom is 0.270 e. The van der Waals surface area contributed by atoms with Crippen molar-refractivity contribution >= 4 is 29.0 Å². The zero-order valence-electron chi connectivity index (χ0n) is 11.5. The van der Waals surface area contributed by atoms with E-state index >= 15 is 0 Å². The van der Waals surface area contributed by atoms with Gasteiger partial charge in [-0.15, -0.1) is 11.3 Å². The number of aryl methyl sites for hydroxylation is 1. The number of thiazole rings is 1. The third-order valence-electron chi connectivity index (χ3n) is 2.76. The number of pyridine rings is 1. The Morgan fingerprint density at radius 3 is 3.10 bits per heavy atom. The topological polar surface area (TPSA) is 54.9 Å². The fourth-order valence-corrected chi connectivity index (χ4v) is 3.31. The van der Waals surface area contributed by atoms with Gasteiger partial charge in [-0.2, -0.15) is 11.8 Å². The van der Waals surface area contributed by atoms with Gasteiger partial charge in [-0.05, 0) is 24.8 Å². The van der Waals surface area contributed by atoms with Crippen LogP contribution in [0, 0.1) is 6.92 Å². The van der Waals surface area contributed by atoms with Crippen molar-refractivity contribution < 1.29 is 4.79 Å². The predicted octanol–water partition coefficient (Wildman–Crippen LogP) is 2.68. The van der Waals surface area contributed by atoms with Crippen molar-refractivity contribution in [3.05, 3.63) is 45.7 Å². The lowest BCUT2D eigenvalue weighted by molar-refractivity contribution is 0.0948. The number of thioether (sulfide) groups is 1. The number of carbonyl (C=O) groups is 1. The molecule has 0 aliphatic carbocycles. The summed E-state index contributed by atoms with van der Waals surface area (Å²) in [5, 5.41) is 6.09. The molecule has 2 aromatic rings. The first-order valence-corrected chi connectivity index (χ1v) is 8.60. The second kappa shape index (κ2) is 7.40. The van der Waals surface area contributed by atoms with E-state index in [-0.39, 0.29) is 5.91 Å². The largest absolute Gasteiger partial charge is 0.350 e. The molecule has 0 aliphatic heterocycles. The van der Waals surface area contributed by atoms with Crippen LogP contribution in [0.4, 0.5) is 0 Å². The molecule has 2 aromatic heterocycles. The summed E-state index contributed by atoms with van der Waals surface area (Å²) >= 11 is 3.44. The van der Waals surface area contributed by atoms with Gasteiger partial charge in [0.05, 0.1) is 5.69 Å². The number of aromatic nitrogens is 2. The highest BCUT2D eigenvalue weighted by atomic mass is 32.2. The minimum Gasteiger partial charge on any atom is -0.350 e. The molecule has 1 amide bonds. The summed E-state index contributed by atoms with van der Waals surface area (Å²) in [6.07, 6.45) is 4.45. The zero-order valence-corrected chi connectivity index (χ0v) is 13.2. The first kappa shape index (κ1) is 15.0. The molecule has 20 heavy (non-hydrogen) atoms. The highest BCUT2D eigenvalue weighted by molar-refractivity contribution is 7.97. The van der Waals surface area contributed by atoms with Crippen LogP contribution >= 0.6 is 23.1 Å². The molecule has 0 aromatic carbocycles. The third kappa shape index (κ3) is 4.05. The molecule has 4 nitrogen and oxygen atoms in total. The minimum atomic E-state index is -0.123. The first-order valence-electron chi connectivity index (χ1n) is 6.32. The Hall–Kier alpha value is -1.40. The van der Waals surface area contributed by atoms with E-state index < -0.39 is 0 Å². The Balaban J connectivity index is 1.83. The molecular formula is C14H17N3OS2. The van der Waals surface area contributed by atoms with Crippen molar-refractivity contribution in [3.63, 3.8) is 0 Å². The smallest absolute Gasteiger partial charge is 0.270 e. The molecule has 0 aliphatic rings. The highest BCUT2D eigenvalue weighted by Gasteiger charge is 2.09. The van der Waals surface area contributed by atoms with Crippen LogP contribution in [0.5, 0.6) is 0 Å². The summed E-state index contributed by atoms with van der Waals surface area (Å²) in [5.74, 6) is 0.826. The number of nitrogens with zero attached hydrogens (tertiary/aromatic N) is 2. The molecule has 0 fully saturated rings. The van der Waals surface area contributed by atoms with Crippen molar-refractivity contribution in [1.29, 1.82) is 0 Å². The van der Waals surface area contributed by atoms with Gasteiger partial charge in [0.15, 0.2) is 0 Å². The van der Waals surface area contributed by atoms with Gasteiger partial charge in [-0.3, -0.25) is 9.78 Å². The number of amides is 1. The monoisotopic (exact) mass is 307 g/mol. The van der Waals surface area contributed by atoms with E-state index in [1.54, 1.807) is 29.3 Å².